The highest BCUT2D eigenvalue weighted by molar-refractivity contribution is 14.0. The number of rotatable bonds is 4. The first kappa shape index (κ1) is 15.6. The van der Waals surface area contributed by atoms with Gasteiger partial charge in [0.1, 0.15) is 0 Å². The van der Waals surface area contributed by atoms with E-state index in [1.54, 1.807) is 11.8 Å². The van der Waals surface area contributed by atoms with Crippen LogP contribution in [0.5, 0.6) is 0 Å². The summed E-state index contributed by atoms with van der Waals surface area (Å²) in [5, 5.41) is 3.38. The fraction of sp³-hybridized carbons (Fsp3) is 0.462. The number of likely N-dealkylation sites (N-methyl/N-ethyl adjacent to an activating group) is 1. The normalized spacial score (nSPS) is 14.1. The fourth-order valence-electron chi connectivity index (χ4n) is 1.83. The maximum Gasteiger partial charge on any atom is 0.193 e. The number of halogens is 1. The molecule has 0 saturated carbocycles. The molecule has 100 valence electrons. The van der Waals surface area contributed by atoms with Crippen molar-refractivity contribution in [2.45, 2.75) is 11.3 Å². The van der Waals surface area contributed by atoms with Crippen LogP contribution in [0.15, 0.2) is 34.2 Å². The number of nitrogens with zero attached hydrogens (tertiary/aromatic N) is 2. The molecule has 18 heavy (non-hydrogen) atoms. The van der Waals surface area contributed by atoms with Gasteiger partial charge >= 0.3 is 0 Å². The van der Waals surface area contributed by atoms with Crippen LogP contribution in [-0.2, 0) is 6.42 Å². The molecule has 1 aliphatic heterocycles. The lowest BCUT2D eigenvalue weighted by atomic mass is 10.1. The van der Waals surface area contributed by atoms with Gasteiger partial charge in [0, 0.05) is 25.0 Å². The van der Waals surface area contributed by atoms with Crippen LogP contribution in [0.1, 0.15) is 5.56 Å². The first-order valence-electron chi connectivity index (χ1n) is 5.92. The number of guanidine groups is 1. The van der Waals surface area contributed by atoms with Gasteiger partial charge in [-0.3, -0.25) is 4.99 Å². The summed E-state index contributed by atoms with van der Waals surface area (Å²) in [6, 6.07) is 8.76. The average molecular weight is 377 g/mol. The van der Waals surface area contributed by atoms with Gasteiger partial charge in [-0.1, -0.05) is 12.1 Å². The molecule has 1 N–H and O–H groups in total. The first-order valence-corrected chi connectivity index (χ1v) is 7.14. The molecule has 5 heteroatoms. The number of benzene rings is 1. The van der Waals surface area contributed by atoms with Gasteiger partial charge in [-0.05, 0) is 30.4 Å². The molecule has 0 aromatic heterocycles. The van der Waals surface area contributed by atoms with Crippen molar-refractivity contribution in [1.82, 2.24) is 10.2 Å². The van der Waals surface area contributed by atoms with Gasteiger partial charge < -0.3 is 10.2 Å². The molecular formula is C13H20IN3S. The minimum atomic E-state index is 0. The van der Waals surface area contributed by atoms with Crippen molar-refractivity contribution < 1.29 is 0 Å². The number of hydrogen-bond donors (Lipinski definition) is 1. The number of hydrogen-bond acceptors (Lipinski definition) is 4. The standard InChI is InChI=1S/C13H19N3S.HI/c1-16-10-9-15-13(16)14-8-7-11-3-5-12(17-2)6-4-11;/h3-6H,7-10H2,1-2H3,(H,14,15);1H. The van der Waals surface area contributed by atoms with Crippen molar-refractivity contribution in [2.75, 3.05) is 32.9 Å². The van der Waals surface area contributed by atoms with E-state index in [4.69, 9.17) is 0 Å². The van der Waals surface area contributed by atoms with E-state index in [9.17, 15) is 0 Å². The largest absolute Gasteiger partial charge is 0.356 e. The molecule has 0 amide bonds. The Hall–Kier alpha value is -0.430. The zero-order valence-electron chi connectivity index (χ0n) is 10.8. The third kappa shape index (κ3) is 4.35. The Kier molecular flexibility index (Phi) is 6.85. The Bertz CT molecular complexity index is 392. The summed E-state index contributed by atoms with van der Waals surface area (Å²) in [5.74, 6) is 1.03. The molecule has 2 rings (SSSR count). The number of aliphatic imine (C=N–C) groups is 1. The Balaban J connectivity index is 0.00000162. The highest BCUT2D eigenvalue weighted by Crippen LogP contribution is 2.14. The molecule has 1 aliphatic rings. The molecule has 0 fully saturated rings. The van der Waals surface area contributed by atoms with Crippen molar-refractivity contribution in [2.24, 2.45) is 4.99 Å². The molecule has 0 aliphatic carbocycles. The van der Waals surface area contributed by atoms with E-state index < -0.39 is 0 Å². The van der Waals surface area contributed by atoms with E-state index in [-0.39, 0.29) is 24.0 Å². The van der Waals surface area contributed by atoms with Crippen molar-refractivity contribution in [3.63, 3.8) is 0 Å². The maximum absolute atomic E-state index is 4.40. The SMILES string of the molecule is CSc1ccc(CCNC2=NCCN2C)cc1.I. The average Bonchev–Trinajstić information content (AvgIpc) is 2.76. The fourth-order valence-corrected chi connectivity index (χ4v) is 2.24. The Morgan fingerprint density at radius 3 is 2.61 bits per heavy atom. The Labute approximate surface area is 130 Å². The van der Waals surface area contributed by atoms with Crippen molar-refractivity contribution in [1.29, 1.82) is 0 Å². The van der Waals surface area contributed by atoms with Crippen LogP contribution in [-0.4, -0.2) is 43.8 Å². The van der Waals surface area contributed by atoms with Gasteiger partial charge in [0.05, 0.1) is 6.54 Å². The second kappa shape index (κ2) is 7.89. The van der Waals surface area contributed by atoms with Gasteiger partial charge in [0.2, 0.25) is 0 Å². The molecule has 0 spiro atoms. The van der Waals surface area contributed by atoms with E-state index in [0.29, 0.717) is 0 Å². The second-order valence-electron chi connectivity index (χ2n) is 4.15. The molecule has 1 aromatic carbocycles. The van der Waals surface area contributed by atoms with Crippen LogP contribution < -0.4 is 5.32 Å². The zero-order chi connectivity index (χ0) is 12.1. The summed E-state index contributed by atoms with van der Waals surface area (Å²) in [5.41, 5.74) is 1.37. The Morgan fingerprint density at radius 1 is 1.33 bits per heavy atom. The molecule has 0 bridgehead atoms. The highest BCUT2D eigenvalue weighted by atomic mass is 127. The second-order valence-corrected chi connectivity index (χ2v) is 5.03. The lowest BCUT2D eigenvalue weighted by Gasteiger charge is -2.15. The summed E-state index contributed by atoms with van der Waals surface area (Å²) < 4.78 is 0. The minimum absolute atomic E-state index is 0. The van der Waals surface area contributed by atoms with Crippen LogP contribution in [0.25, 0.3) is 0 Å². The molecular weight excluding hydrogens is 357 g/mol. The van der Waals surface area contributed by atoms with E-state index >= 15 is 0 Å². The monoisotopic (exact) mass is 377 g/mol. The van der Waals surface area contributed by atoms with E-state index in [0.717, 1.165) is 32.0 Å². The molecule has 0 radical (unpaired) electrons. The van der Waals surface area contributed by atoms with Gasteiger partial charge in [-0.25, -0.2) is 0 Å². The summed E-state index contributed by atoms with van der Waals surface area (Å²) in [6.07, 6.45) is 3.14. The topological polar surface area (TPSA) is 27.6 Å². The zero-order valence-corrected chi connectivity index (χ0v) is 14.0. The lowest BCUT2D eigenvalue weighted by Crippen LogP contribution is -2.36. The van der Waals surface area contributed by atoms with Crippen LogP contribution in [0.4, 0.5) is 0 Å². The lowest BCUT2D eigenvalue weighted by molar-refractivity contribution is 0.534. The van der Waals surface area contributed by atoms with Crippen LogP contribution in [0, 0.1) is 0 Å². The van der Waals surface area contributed by atoms with Crippen molar-refractivity contribution >= 4 is 41.7 Å². The summed E-state index contributed by atoms with van der Waals surface area (Å²) in [6.45, 7) is 2.90. The molecule has 1 heterocycles. The third-order valence-corrected chi connectivity index (χ3v) is 3.66. The number of thioether (sulfide) groups is 1. The summed E-state index contributed by atoms with van der Waals surface area (Å²) in [7, 11) is 2.08. The predicted octanol–water partition coefficient (Wildman–Crippen LogP) is 2.46. The van der Waals surface area contributed by atoms with E-state index in [2.05, 4.69) is 52.8 Å². The van der Waals surface area contributed by atoms with E-state index in [1.165, 1.54) is 10.5 Å². The van der Waals surface area contributed by atoms with Crippen LogP contribution >= 0.6 is 35.7 Å². The van der Waals surface area contributed by atoms with Crippen molar-refractivity contribution in [3.05, 3.63) is 29.8 Å². The van der Waals surface area contributed by atoms with E-state index in [1.807, 2.05) is 0 Å². The minimum Gasteiger partial charge on any atom is -0.356 e. The quantitative estimate of drug-likeness (QED) is 0.646. The molecule has 0 saturated heterocycles. The number of nitrogens with one attached hydrogen (secondary N) is 1. The smallest absolute Gasteiger partial charge is 0.193 e. The van der Waals surface area contributed by atoms with Gasteiger partial charge in [-0.15, -0.1) is 35.7 Å². The molecule has 0 unspecified atom stereocenters. The highest BCUT2D eigenvalue weighted by Gasteiger charge is 2.10. The van der Waals surface area contributed by atoms with Crippen molar-refractivity contribution in [3.8, 4) is 0 Å². The van der Waals surface area contributed by atoms with Gasteiger partial charge in [-0.2, -0.15) is 0 Å². The molecule has 3 nitrogen and oxygen atoms in total. The third-order valence-electron chi connectivity index (χ3n) is 2.91. The molecule has 1 aromatic rings. The van der Waals surface area contributed by atoms with Crippen LogP contribution in [0.2, 0.25) is 0 Å². The Morgan fingerprint density at radius 2 is 2.06 bits per heavy atom. The first-order chi connectivity index (χ1) is 8.29. The van der Waals surface area contributed by atoms with Gasteiger partial charge in [0.25, 0.3) is 0 Å². The summed E-state index contributed by atoms with van der Waals surface area (Å²) in [4.78, 5) is 7.89. The van der Waals surface area contributed by atoms with Gasteiger partial charge in [0.15, 0.2) is 5.96 Å². The summed E-state index contributed by atoms with van der Waals surface area (Å²) >= 11 is 1.78. The molecule has 0 atom stereocenters. The predicted molar refractivity (Wildman–Crippen MR) is 90.3 cm³/mol. The van der Waals surface area contributed by atoms with Crippen LogP contribution in [0.3, 0.4) is 0 Å². The maximum atomic E-state index is 4.40.